The predicted octanol–water partition coefficient (Wildman–Crippen LogP) is 3.47. The highest BCUT2D eigenvalue weighted by atomic mass is 19.4. The zero-order valence-electron chi connectivity index (χ0n) is 16.7. The van der Waals surface area contributed by atoms with Crippen LogP contribution in [0.5, 0.6) is 0 Å². The molecule has 0 radical (unpaired) electrons. The van der Waals surface area contributed by atoms with Gasteiger partial charge in [0, 0.05) is 43.6 Å². The first-order valence-electron chi connectivity index (χ1n) is 10.6. The zero-order valence-corrected chi connectivity index (χ0v) is 16.7. The van der Waals surface area contributed by atoms with Crippen LogP contribution in [-0.2, 0) is 15.8 Å². The van der Waals surface area contributed by atoms with Crippen molar-refractivity contribution in [2.45, 2.75) is 56.8 Å². The second-order valence-electron chi connectivity index (χ2n) is 8.86. The summed E-state index contributed by atoms with van der Waals surface area (Å²) in [4.78, 5) is 27.0. The van der Waals surface area contributed by atoms with Crippen molar-refractivity contribution >= 4 is 17.4 Å². The van der Waals surface area contributed by atoms with Crippen molar-refractivity contribution < 1.29 is 27.9 Å². The molecule has 3 fully saturated rings. The first-order chi connectivity index (χ1) is 14.2. The second-order valence-corrected chi connectivity index (χ2v) is 8.86. The Morgan fingerprint density at radius 2 is 1.73 bits per heavy atom. The minimum atomic E-state index is -4.47. The standard InChI is InChI=1S/C22H27F3N2O3/c23-22(24,25)13-2-1-3-14(10-13)26-20(30)9-8-19(29)21-17-11-27(12-18(17)21)15-4-6-16(28)7-5-15/h1-3,10,15-18,21,28H,4-9,11-12H2,(H,26,30)/t15?,16?,17-,18+,21?. The number of alkyl halides is 3. The van der Waals surface area contributed by atoms with Gasteiger partial charge in [-0.3, -0.25) is 14.5 Å². The highest BCUT2D eigenvalue weighted by molar-refractivity contribution is 5.94. The van der Waals surface area contributed by atoms with E-state index in [9.17, 15) is 27.9 Å². The van der Waals surface area contributed by atoms with Gasteiger partial charge < -0.3 is 10.4 Å². The number of aliphatic hydroxyl groups excluding tert-OH is 1. The van der Waals surface area contributed by atoms with E-state index in [0.29, 0.717) is 17.9 Å². The number of halogens is 3. The summed E-state index contributed by atoms with van der Waals surface area (Å²) in [7, 11) is 0. The highest BCUT2D eigenvalue weighted by Gasteiger charge is 2.59. The number of carbonyl (C=O) groups excluding carboxylic acids is 2. The smallest absolute Gasteiger partial charge is 0.393 e. The summed E-state index contributed by atoms with van der Waals surface area (Å²) in [5, 5.41) is 12.1. The molecule has 2 saturated carbocycles. The maximum Gasteiger partial charge on any atom is 0.416 e. The molecule has 164 valence electrons. The molecule has 2 N–H and O–H groups in total. The first kappa shape index (κ1) is 21.3. The number of benzene rings is 1. The van der Waals surface area contributed by atoms with Gasteiger partial charge >= 0.3 is 6.18 Å². The number of nitrogens with zero attached hydrogens (tertiary/aromatic N) is 1. The normalized spacial score (nSPS) is 31.3. The van der Waals surface area contributed by atoms with Gasteiger partial charge in [-0.15, -0.1) is 0 Å². The number of hydrogen-bond donors (Lipinski definition) is 2. The molecule has 1 aromatic rings. The third-order valence-corrected chi connectivity index (χ3v) is 6.85. The third-order valence-electron chi connectivity index (χ3n) is 6.85. The average Bonchev–Trinajstić information content (AvgIpc) is 3.20. The average molecular weight is 424 g/mol. The molecular weight excluding hydrogens is 397 g/mol. The van der Waals surface area contributed by atoms with E-state index >= 15 is 0 Å². The quantitative estimate of drug-likeness (QED) is 0.734. The van der Waals surface area contributed by atoms with Gasteiger partial charge in [-0.1, -0.05) is 6.07 Å². The van der Waals surface area contributed by atoms with Gasteiger partial charge in [-0.05, 0) is 55.7 Å². The largest absolute Gasteiger partial charge is 0.416 e. The lowest BCUT2D eigenvalue weighted by atomic mass is 9.92. The molecule has 5 nitrogen and oxygen atoms in total. The maximum absolute atomic E-state index is 12.8. The van der Waals surface area contributed by atoms with E-state index in [2.05, 4.69) is 10.2 Å². The molecule has 1 unspecified atom stereocenters. The number of likely N-dealkylation sites (tertiary alicyclic amines) is 1. The van der Waals surface area contributed by atoms with Gasteiger partial charge in [0.2, 0.25) is 5.91 Å². The van der Waals surface area contributed by atoms with Crippen molar-refractivity contribution in [1.82, 2.24) is 4.90 Å². The fourth-order valence-electron chi connectivity index (χ4n) is 5.16. The number of Topliss-reactive ketones (excluding diaryl/α,β-unsaturated/α-hetero) is 1. The van der Waals surface area contributed by atoms with Crippen LogP contribution < -0.4 is 5.32 Å². The van der Waals surface area contributed by atoms with Crippen LogP contribution in [0.25, 0.3) is 0 Å². The molecule has 0 aromatic heterocycles. The number of fused-ring (bicyclic) bond motifs is 1. The van der Waals surface area contributed by atoms with E-state index in [1.165, 1.54) is 12.1 Å². The van der Waals surface area contributed by atoms with Crippen molar-refractivity contribution in [3.8, 4) is 0 Å². The Labute approximate surface area is 173 Å². The van der Waals surface area contributed by atoms with Crippen LogP contribution >= 0.6 is 0 Å². The van der Waals surface area contributed by atoms with Crippen LogP contribution in [0.4, 0.5) is 18.9 Å². The molecule has 1 aliphatic heterocycles. The molecule has 0 spiro atoms. The van der Waals surface area contributed by atoms with Gasteiger partial charge in [0.25, 0.3) is 0 Å². The number of nitrogens with one attached hydrogen (secondary N) is 1. The number of anilines is 1. The first-order valence-corrected chi connectivity index (χ1v) is 10.6. The number of amides is 1. The summed E-state index contributed by atoms with van der Waals surface area (Å²) in [5.74, 6) is 0.405. The van der Waals surface area contributed by atoms with E-state index in [1.807, 2.05) is 0 Å². The van der Waals surface area contributed by atoms with Crippen LogP contribution in [0.3, 0.4) is 0 Å². The Morgan fingerprint density at radius 3 is 2.37 bits per heavy atom. The SMILES string of the molecule is O=C(CCC(=O)C1[C@H]2CN(C3CCC(O)CC3)C[C@@H]12)Nc1cccc(C(F)(F)F)c1. The molecule has 1 aromatic carbocycles. The lowest BCUT2D eigenvalue weighted by molar-refractivity contribution is -0.137. The highest BCUT2D eigenvalue weighted by Crippen LogP contribution is 2.53. The number of rotatable bonds is 6. The topological polar surface area (TPSA) is 69.6 Å². The number of aliphatic hydroxyl groups is 1. The zero-order chi connectivity index (χ0) is 21.5. The monoisotopic (exact) mass is 424 g/mol. The van der Waals surface area contributed by atoms with Gasteiger partial charge in [-0.2, -0.15) is 13.2 Å². The van der Waals surface area contributed by atoms with Crippen LogP contribution in [0.2, 0.25) is 0 Å². The van der Waals surface area contributed by atoms with Crippen LogP contribution in [0.15, 0.2) is 24.3 Å². The summed E-state index contributed by atoms with van der Waals surface area (Å²) in [6, 6.07) is 5.00. The van der Waals surface area contributed by atoms with E-state index in [0.717, 1.165) is 50.9 Å². The summed E-state index contributed by atoms with van der Waals surface area (Å²) in [5.41, 5.74) is -0.738. The van der Waals surface area contributed by atoms with Crippen LogP contribution in [0, 0.1) is 17.8 Å². The number of ketones is 1. The Morgan fingerprint density at radius 1 is 1.07 bits per heavy atom. The van der Waals surface area contributed by atoms with E-state index in [-0.39, 0.29) is 36.3 Å². The van der Waals surface area contributed by atoms with Crippen molar-refractivity contribution in [1.29, 1.82) is 0 Å². The Balaban J connectivity index is 1.20. The van der Waals surface area contributed by atoms with Crippen molar-refractivity contribution in [3.63, 3.8) is 0 Å². The lowest BCUT2D eigenvalue weighted by Gasteiger charge is -2.34. The second kappa shape index (κ2) is 8.30. The van der Waals surface area contributed by atoms with E-state index < -0.39 is 17.6 Å². The van der Waals surface area contributed by atoms with Gasteiger partial charge in [-0.25, -0.2) is 0 Å². The maximum atomic E-state index is 12.8. The van der Waals surface area contributed by atoms with E-state index in [1.54, 1.807) is 0 Å². The van der Waals surface area contributed by atoms with Gasteiger partial charge in [0.15, 0.2) is 0 Å². The summed E-state index contributed by atoms with van der Waals surface area (Å²) in [6.45, 7) is 1.83. The van der Waals surface area contributed by atoms with Crippen LogP contribution in [0.1, 0.15) is 44.1 Å². The minimum Gasteiger partial charge on any atom is -0.393 e. The van der Waals surface area contributed by atoms with Gasteiger partial charge in [0.1, 0.15) is 5.78 Å². The van der Waals surface area contributed by atoms with Crippen molar-refractivity contribution in [3.05, 3.63) is 29.8 Å². The predicted molar refractivity (Wildman–Crippen MR) is 105 cm³/mol. The lowest BCUT2D eigenvalue weighted by Crippen LogP contribution is -2.39. The summed E-state index contributed by atoms with van der Waals surface area (Å²) in [6.07, 6.45) is -0.822. The fourth-order valence-corrected chi connectivity index (χ4v) is 5.16. The molecule has 1 saturated heterocycles. The van der Waals surface area contributed by atoms with Crippen molar-refractivity contribution in [2.75, 3.05) is 18.4 Å². The van der Waals surface area contributed by atoms with Crippen LogP contribution in [-0.4, -0.2) is 46.9 Å². The Kier molecular flexibility index (Phi) is 5.90. The van der Waals surface area contributed by atoms with Gasteiger partial charge in [0.05, 0.1) is 11.7 Å². The summed E-state index contributed by atoms with van der Waals surface area (Å²) >= 11 is 0. The molecule has 1 amide bonds. The number of hydrogen-bond acceptors (Lipinski definition) is 4. The third kappa shape index (κ3) is 4.70. The molecule has 2 aliphatic carbocycles. The minimum absolute atomic E-state index is 0.0186. The molecular formula is C22H27F3N2O3. The van der Waals surface area contributed by atoms with Crippen molar-refractivity contribution in [2.24, 2.45) is 17.8 Å². The number of carbonyl (C=O) groups is 2. The molecule has 4 rings (SSSR count). The summed E-state index contributed by atoms with van der Waals surface area (Å²) < 4.78 is 38.3. The fraction of sp³-hybridized carbons (Fsp3) is 0.636. The Bertz CT molecular complexity index is 793. The molecule has 8 heteroatoms. The molecule has 0 bridgehead atoms. The molecule has 30 heavy (non-hydrogen) atoms. The molecule has 3 atom stereocenters. The molecule has 1 heterocycles. The molecule has 3 aliphatic rings. The number of piperidine rings is 1. The van der Waals surface area contributed by atoms with E-state index in [4.69, 9.17) is 0 Å². The Hall–Kier alpha value is -1.93.